The van der Waals surface area contributed by atoms with E-state index in [0.29, 0.717) is 19.5 Å². The number of pyridine rings is 1. The summed E-state index contributed by atoms with van der Waals surface area (Å²) in [6.07, 6.45) is 4.15. The van der Waals surface area contributed by atoms with Crippen LogP contribution in [0.1, 0.15) is 28.8 Å². The van der Waals surface area contributed by atoms with Gasteiger partial charge in [-0.1, -0.05) is 18.2 Å². The predicted octanol–water partition coefficient (Wildman–Crippen LogP) is 2.51. The van der Waals surface area contributed by atoms with Crippen LogP contribution in [0.4, 0.5) is 0 Å². The fraction of sp³-hybridized carbons (Fsp3) is 0.400. The summed E-state index contributed by atoms with van der Waals surface area (Å²) in [5, 5.41) is 9.25. The quantitative estimate of drug-likeness (QED) is 0.800. The van der Waals surface area contributed by atoms with Crippen LogP contribution in [-0.2, 0) is 16.6 Å². The summed E-state index contributed by atoms with van der Waals surface area (Å²) in [4.78, 5) is 15.8. The van der Waals surface area contributed by atoms with Crippen molar-refractivity contribution in [3.8, 4) is 11.3 Å². The maximum atomic E-state index is 12.5. The van der Waals surface area contributed by atoms with Gasteiger partial charge in [0.15, 0.2) is 0 Å². The molecule has 0 spiro atoms. The molecule has 0 saturated carbocycles. The molecule has 1 atom stereocenters. The van der Waals surface area contributed by atoms with Crippen LogP contribution in [0.2, 0.25) is 0 Å². The van der Waals surface area contributed by atoms with Crippen LogP contribution in [0.5, 0.6) is 0 Å². The summed E-state index contributed by atoms with van der Waals surface area (Å²) >= 11 is 0. The van der Waals surface area contributed by atoms with Crippen molar-refractivity contribution in [1.82, 2.24) is 13.6 Å². The Labute approximate surface area is 165 Å². The van der Waals surface area contributed by atoms with Gasteiger partial charge >= 0.3 is 5.97 Å². The van der Waals surface area contributed by atoms with Crippen molar-refractivity contribution in [3.63, 3.8) is 0 Å². The number of hydrogen-bond donors (Lipinski definition) is 1. The van der Waals surface area contributed by atoms with Crippen LogP contribution in [-0.4, -0.2) is 60.3 Å². The first kappa shape index (κ1) is 20.4. The number of rotatable bonds is 6. The molecule has 1 N–H and O–H groups in total. The highest BCUT2D eigenvalue weighted by molar-refractivity contribution is 7.86. The van der Waals surface area contributed by atoms with E-state index in [1.807, 2.05) is 18.2 Å². The molecule has 150 valence electrons. The topological polar surface area (TPSA) is 90.8 Å². The van der Waals surface area contributed by atoms with E-state index in [1.165, 1.54) is 4.31 Å². The van der Waals surface area contributed by atoms with E-state index >= 15 is 0 Å². The van der Waals surface area contributed by atoms with Gasteiger partial charge in [-0.15, -0.1) is 0 Å². The lowest BCUT2D eigenvalue weighted by atomic mass is 9.90. The van der Waals surface area contributed by atoms with Crippen LogP contribution in [0.3, 0.4) is 0 Å². The molecule has 8 heteroatoms. The zero-order valence-electron chi connectivity index (χ0n) is 16.1. The molecule has 1 aliphatic heterocycles. The Balaban J connectivity index is 1.84. The molecule has 28 heavy (non-hydrogen) atoms. The zero-order valence-corrected chi connectivity index (χ0v) is 16.9. The van der Waals surface area contributed by atoms with Crippen molar-refractivity contribution >= 4 is 16.2 Å². The Hall–Kier alpha value is -2.29. The van der Waals surface area contributed by atoms with Gasteiger partial charge in [0.2, 0.25) is 0 Å². The zero-order chi connectivity index (χ0) is 20.3. The van der Waals surface area contributed by atoms with E-state index < -0.39 is 16.2 Å². The molecule has 2 aromatic rings. The number of aromatic nitrogens is 1. The number of nitrogens with zero attached hydrogens (tertiary/aromatic N) is 3. The van der Waals surface area contributed by atoms with E-state index in [4.69, 9.17) is 0 Å². The average molecular weight is 404 g/mol. The fourth-order valence-corrected chi connectivity index (χ4v) is 4.83. The van der Waals surface area contributed by atoms with Gasteiger partial charge < -0.3 is 5.11 Å². The standard InChI is InChI=1S/C20H25N3O4S/c1-22(2)28(26,27)23-11-5-6-15(14-23)12-16-9-4-10-21-19(16)17-7-3-8-18(13-17)20(24)25/h3-4,7-10,13,15H,5-6,11-12,14H2,1-2H3,(H,24,25). The molecule has 1 fully saturated rings. The molecule has 0 radical (unpaired) electrons. The Kier molecular flexibility index (Phi) is 6.12. The highest BCUT2D eigenvalue weighted by Gasteiger charge is 2.30. The molecule has 1 saturated heterocycles. The highest BCUT2D eigenvalue weighted by Crippen LogP contribution is 2.28. The van der Waals surface area contributed by atoms with Gasteiger partial charge in [-0.25, -0.2) is 4.79 Å². The average Bonchev–Trinajstić information content (AvgIpc) is 2.68. The van der Waals surface area contributed by atoms with Gasteiger partial charge in [0.1, 0.15) is 0 Å². The minimum absolute atomic E-state index is 0.189. The minimum Gasteiger partial charge on any atom is -0.478 e. The SMILES string of the molecule is CN(C)S(=O)(=O)N1CCCC(Cc2cccnc2-c2cccc(C(=O)O)c2)C1. The largest absolute Gasteiger partial charge is 0.478 e. The van der Waals surface area contributed by atoms with Gasteiger partial charge in [-0.05, 0) is 48.9 Å². The number of carboxylic acid groups (broad SMARTS) is 1. The van der Waals surface area contributed by atoms with Crippen LogP contribution in [0, 0.1) is 5.92 Å². The third kappa shape index (κ3) is 4.40. The second-order valence-electron chi connectivity index (χ2n) is 7.26. The van der Waals surface area contributed by atoms with Crippen molar-refractivity contribution in [1.29, 1.82) is 0 Å². The minimum atomic E-state index is -3.42. The number of carboxylic acids is 1. The molecule has 0 aliphatic carbocycles. The predicted molar refractivity (Wildman–Crippen MR) is 107 cm³/mol. The lowest BCUT2D eigenvalue weighted by Crippen LogP contribution is -2.45. The molecular weight excluding hydrogens is 378 g/mol. The van der Waals surface area contributed by atoms with Crippen molar-refractivity contribution < 1.29 is 18.3 Å². The summed E-state index contributed by atoms with van der Waals surface area (Å²) in [5.74, 6) is -0.787. The molecule has 1 unspecified atom stereocenters. The Morgan fingerprint density at radius 3 is 2.79 bits per heavy atom. The smallest absolute Gasteiger partial charge is 0.335 e. The molecule has 7 nitrogen and oxygen atoms in total. The van der Waals surface area contributed by atoms with Gasteiger partial charge in [-0.2, -0.15) is 17.0 Å². The molecule has 1 aliphatic rings. The summed E-state index contributed by atoms with van der Waals surface area (Å²) in [6, 6.07) is 10.6. The van der Waals surface area contributed by atoms with Crippen LogP contribution < -0.4 is 0 Å². The monoisotopic (exact) mass is 403 g/mol. The Morgan fingerprint density at radius 1 is 1.29 bits per heavy atom. The summed E-state index contributed by atoms with van der Waals surface area (Å²) in [5.41, 5.74) is 2.72. The molecule has 0 bridgehead atoms. The first-order chi connectivity index (χ1) is 13.3. The van der Waals surface area contributed by atoms with Crippen LogP contribution in [0.15, 0.2) is 42.6 Å². The number of carbonyl (C=O) groups is 1. The van der Waals surface area contributed by atoms with Gasteiger partial charge in [-0.3, -0.25) is 4.98 Å². The fourth-order valence-electron chi connectivity index (χ4n) is 3.61. The highest BCUT2D eigenvalue weighted by atomic mass is 32.2. The molecule has 1 aromatic carbocycles. The maximum absolute atomic E-state index is 12.5. The van der Waals surface area contributed by atoms with Crippen molar-refractivity contribution in [2.75, 3.05) is 27.2 Å². The third-order valence-corrected chi connectivity index (χ3v) is 6.96. The summed E-state index contributed by atoms with van der Waals surface area (Å²) < 4.78 is 27.7. The van der Waals surface area contributed by atoms with Crippen molar-refractivity contribution in [2.45, 2.75) is 19.3 Å². The van der Waals surface area contributed by atoms with E-state index in [2.05, 4.69) is 4.98 Å². The molecule has 0 amide bonds. The van der Waals surface area contributed by atoms with E-state index in [9.17, 15) is 18.3 Å². The number of hydrogen-bond acceptors (Lipinski definition) is 4. The molecular formula is C20H25N3O4S. The number of piperidine rings is 1. The number of benzene rings is 1. The Morgan fingerprint density at radius 2 is 2.07 bits per heavy atom. The van der Waals surface area contributed by atoms with Crippen molar-refractivity contribution in [2.24, 2.45) is 5.92 Å². The molecule has 1 aromatic heterocycles. The molecule has 2 heterocycles. The van der Waals surface area contributed by atoms with Gasteiger partial charge in [0.05, 0.1) is 11.3 Å². The maximum Gasteiger partial charge on any atom is 0.335 e. The summed E-state index contributed by atoms with van der Waals surface area (Å²) in [6.45, 7) is 1.02. The second kappa shape index (κ2) is 8.38. The number of aromatic carboxylic acids is 1. The normalized spacial score (nSPS) is 18.3. The summed E-state index contributed by atoms with van der Waals surface area (Å²) in [7, 11) is -0.318. The van der Waals surface area contributed by atoms with E-state index in [1.54, 1.807) is 42.8 Å². The van der Waals surface area contributed by atoms with Gasteiger partial charge in [0.25, 0.3) is 10.2 Å². The lowest BCUT2D eigenvalue weighted by molar-refractivity contribution is 0.0697. The lowest BCUT2D eigenvalue weighted by Gasteiger charge is -2.33. The Bertz CT molecular complexity index is 959. The van der Waals surface area contributed by atoms with E-state index in [-0.39, 0.29) is 11.5 Å². The molecule has 3 rings (SSSR count). The van der Waals surface area contributed by atoms with Crippen LogP contribution >= 0.6 is 0 Å². The first-order valence-corrected chi connectivity index (χ1v) is 10.6. The first-order valence-electron chi connectivity index (χ1n) is 9.24. The van der Waals surface area contributed by atoms with Gasteiger partial charge in [0, 0.05) is 38.9 Å². The van der Waals surface area contributed by atoms with Crippen molar-refractivity contribution in [3.05, 3.63) is 53.7 Å². The van der Waals surface area contributed by atoms with E-state index in [0.717, 1.165) is 29.7 Å². The second-order valence-corrected chi connectivity index (χ2v) is 9.40. The third-order valence-electron chi connectivity index (χ3n) is 5.05. The van der Waals surface area contributed by atoms with Crippen LogP contribution in [0.25, 0.3) is 11.3 Å².